The molecule has 0 bridgehead atoms. The molecule has 84 valence electrons. The lowest BCUT2D eigenvalue weighted by Gasteiger charge is -2.14. The van der Waals surface area contributed by atoms with Crippen LogP contribution in [0.2, 0.25) is 0 Å². The largest absolute Gasteiger partial charge is 0.0984 e. The van der Waals surface area contributed by atoms with Crippen LogP contribution in [0.1, 0.15) is 24.5 Å². The van der Waals surface area contributed by atoms with Gasteiger partial charge in [-0.2, -0.15) is 0 Å². The molecule has 0 heterocycles. The van der Waals surface area contributed by atoms with Gasteiger partial charge in [-0.25, -0.2) is 0 Å². The number of benzene rings is 2. The van der Waals surface area contributed by atoms with E-state index >= 15 is 0 Å². The summed E-state index contributed by atoms with van der Waals surface area (Å²) in [5, 5.41) is 5.50. The van der Waals surface area contributed by atoms with Crippen molar-refractivity contribution in [3.63, 3.8) is 0 Å². The van der Waals surface area contributed by atoms with Gasteiger partial charge in [0.1, 0.15) is 0 Å². The lowest BCUT2D eigenvalue weighted by atomic mass is 9.90. The summed E-state index contributed by atoms with van der Waals surface area (Å²) in [6, 6.07) is 8.92. The maximum atomic E-state index is 3.94. The van der Waals surface area contributed by atoms with Gasteiger partial charge in [0.15, 0.2) is 0 Å². The Morgan fingerprint density at radius 3 is 2.76 bits per heavy atom. The number of hydrogen-bond acceptors (Lipinski definition) is 0. The molecule has 0 aliphatic heterocycles. The molecular weight excluding hydrogens is 204 g/mol. The molecule has 0 unspecified atom stereocenters. The van der Waals surface area contributed by atoms with E-state index in [4.69, 9.17) is 0 Å². The standard InChI is InChI=1S/C17H16/c1-3-12-8-10-14-6-5-7-15-11-9-13(4-2)16(12)17(14)15/h3-4,7-11H,1,5-6H2,2H3/b13-4-. The molecule has 0 saturated heterocycles. The van der Waals surface area contributed by atoms with E-state index in [1.165, 1.54) is 32.3 Å². The second-order valence-electron chi connectivity index (χ2n) is 4.54. The molecular formula is C17H16. The van der Waals surface area contributed by atoms with Crippen LogP contribution >= 0.6 is 0 Å². The van der Waals surface area contributed by atoms with Gasteiger partial charge in [0, 0.05) is 0 Å². The number of hydrogen-bond donors (Lipinski definition) is 0. The first-order chi connectivity index (χ1) is 8.35. The molecule has 0 saturated carbocycles. The van der Waals surface area contributed by atoms with E-state index in [9.17, 15) is 0 Å². The van der Waals surface area contributed by atoms with Crippen molar-refractivity contribution in [2.45, 2.75) is 19.8 Å². The molecule has 0 spiro atoms. The molecule has 17 heavy (non-hydrogen) atoms. The van der Waals surface area contributed by atoms with Gasteiger partial charge < -0.3 is 0 Å². The van der Waals surface area contributed by atoms with E-state index in [0.717, 1.165) is 12.8 Å². The maximum Gasteiger partial charge on any atom is -0.00337 e. The third-order valence-corrected chi connectivity index (χ3v) is 3.65. The molecule has 0 aromatic heterocycles. The molecule has 0 heteroatoms. The van der Waals surface area contributed by atoms with E-state index in [1.807, 2.05) is 6.08 Å². The summed E-state index contributed by atoms with van der Waals surface area (Å²) in [7, 11) is 0. The topological polar surface area (TPSA) is 0 Å². The molecule has 0 amide bonds. The van der Waals surface area contributed by atoms with Gasteiger partial charge in [0.2, 0.25) is 0 Å². The van der Waals surface area contributed by atoms with Gasteiger partial charge in [-0.15, -0.1) is 0 Å². The third-order valence-electron chi connectivity index (χ3n) is 3.65. The summed E-state index contributed by atoms with van der Waals surface area (Å²) in [5.74, 6) is 0. The van der Waals surface area contributed by atoms with Crippen LogP contribution in [0.5, 0.6) is 0 Å². The molecule has 3 rings (SSSR count). The Labute approximate surface area is 102 Å². The number of rotatable bonds is 1. The van der Waals surface area contributed by atoms with E-state index in [-0.39, 0.29) is 0 Å². The van der Waals surface area contributed by atoms with E-state index in [1.54, 1.807) is 0 Å². The van der Waals surface area contributed by atoms with Crippen LogP contribution in [-0.4, -0.2) is 0 Å². The summed E-state index contributed by atoms with van der Waals surface area (Å²) in [5.41, 5.74) is 2.72. The van der Waals surface area contributed by atoms with E-state index in [0.29, 0.717) is 0 Å². The maximum absolute atomic E-state index is 3.94. The fraction of sp³-hybridized carbons (Fsp3) is 0.176. The zero-order chi connectivity index (χ0) is 11.8. The lowest BCUT2D eigenvalue weighted by molar-refractivity contribution is 1.03. The van der Waals surface area contributed by atoms with Crippen LogP contribution in [0, 0.1) is 0 Å². The minimum absolute atomic E-state index is 1.16. The van der Waals surface area contributed by atoms with Crippen LogP contribution in [0.25, 0.3) is 29.0 Å². The van der Waals surface area contributed by atoms with Gasteiger partial charge in [-0.3, -0.25) is 0 Å². The highest BCUT2D eigenvalue weighted by Gasteiger charge is 2.09. The van der Waals surface area contributed by atoms with Crippen molar-refractivity contribution in [2.75, 3.05) is 0 Å². The monoisotopic (exact) mass is 220 g/mol. The summed E-state index contributed by atoms with van der Waals surface area (Å²) in [6.07, 6.45) is 8.81. The third kappa shape index (κ3) is 1.44. The molecule has 0 nitrogen and oxygen atoms in total. The second kappa shape index (κ2) is 3.89. The second-order valence-corrected chi connectivity index (χ2v) is 4.54. The van der Waals surface area contributed by atoms with Crippen molar-refractivity contribution >= 4 is 29.0 Å². The van der Waals surface area contributed by atoms with Crippen molar-refractivity contribution in [3.05, 3.63) is 52.4 Å². The van der Waals surface area contributed by atoms with E-state index in [2.05, 4.69) is 49.9 Å². The summed E-state index contributed by atoms with van der Waals surface area (Å²) in [4.78, 5) is 0. The average Bonchev–Trinajstić information content (AvgIpc) is 2.40. The first-order valence-electron chi connectivity index (χ1n) is 6.18. The minimum Gasteiger partial charge on any atom is -0.0984 e. The zero-order valence-corrected chi connectivity index (χ0v) is 10.2. The Balaban J connectivity index is 2.68. The first-order valence-corrected chi connectivity index (χ1v) is 6.18. The van der Waals surface area contributed by atoms with E-state index < -0.39 is 0 Å². The smallest absolute Gasteiger partial charge is 0.00337 e. The zero-order valence-electron chi connectivity index (χ0n) is 10.2. The van der Waals surface area contributed by atoms with Gasteiger partial charge in [0.05, 0.1) is 0 Å². The predicted octanol–water partition coefficient (Wildman–Crippen LogP) is 3.01. The lowest BCUT2D eigenvalue weighted by Crippen LogP contribution is -2.16. The fourth-order valence-corrected chi connectivity index (χ4v) is 2.82. The van der Waals surface area contributed by atoms with Crippen LogP contribution < -0.4 is 10.4 Å². The highest BCUT2D eigenvalue weighted by atomic mass is 14.1. The average molecular weight is 220 g/mol. The quantitative estimate of drug-likeness (QED) is 0.693. The van der Waals surface area contributed by atoms with Gasteiger partial charge in [-0.05, 0) is 52.1 Å². The first kappa shape index (κ1) is 10.3. The highest BCUT2D eigenvalue weighted by molar-refractivity contribution is 5.94. The fourth-order valence-electron chi connectivity index (χ4n) is 2.82. The SMILES string of the molecule is C=Cc1ccc2c3c(cc/c(=C/C)c13)=CCC2. The Morgan fingerprint density at radius 2 is 2.00 bits per heavy atom. The molecule has 1 aliphatic carbocycles. The molecule has 2 aromatic rings. The predicted molar refractivity (Wildman–Crippen MR) is 76.2 cm³/mol. The van der Waals surface area contributed by atoms with Crippen molar-refractivity contribution in [1.82, 2.24) is 0 Å². The van der Waals surface area contributed by atoms with Crippen LogP contribution in [-0.2, 0) is 6.42 Å². The van der Waals surface area contributed by atoms with Crippen LogP contribution in [0.4, 0.5) is 0 Å². The van der Waals surface area contributed by atoms with Gasteiger partial charge in [0.25, 0.3) is 0 Å². The molecule has 1 aliphatic rings. The highest BCUT2D eigenvalue weighted by Crippen LogP contribution is 2.22. The normalized spacial score (nSPS) is 14.8. The van der Waals surface area contributed by atoms with Gasteiger partial charge in [-0.1, -0.05) is 49.1 Å². The Kier molecular flexibility index (Phi) is 2.36. The summed E-state index contributed by atoms with van der Waals surface area (Å²) >= 11 is 0. The van der Waals surface area contributed by atoms with Crippen LogP contribution in [0.15, 0.2) is 30.8 Å². The number of aryl methyl sites for hydroxylation is 1. The summed E-state index contributed by atoms with van der Waals surface area (Å²) in [6.45, 7) is 6.04. The molecule has 2 aromatic carbocycles. The van der Waals surface area contributed by atoms with Crippen LogP contribution in [0.3, 0.4) is 0 Å². The Hall–Kier alpha value is -1.82. The van der Waals surface area contributed by atoms with Crippen molar-refractivity contribution in [1.29, 1.82) is 0 Å². The van der Waals surface area contributed by atoms with Gasteiger partial charge >= 0.3 is 0 Å². The molecule has 0 radical (unpaired) electrons. The van der Waals surface area contributed by atoms with Crippen molar-refractivity contribution < 1.29 is 0 Å². The Morgan fingerprint density at radius 1 is 1.12 bits per heavy atom. The molecule has 0 N–H and O–H groups in total. The molecule has 0 fully saturated rings. The summed E-state index contributed by atoms with van der Waals surface area (Å²) < 4.78 is 0. The van der Waals surface area contributed by atoms with Crippen molar-refractivity contribution in [2.24, 2.45) is 0 Å². The Bertz CT molecular complexity index is 718. The van der Waals surface area contributed by atoms with Crippen molar-refractivity contribution in [3.8, 4) is 0 Å². The minimum atomic E-state index is 1.16. The molecule has 0 atom stereocenters.